The third-order valence-corrected chi connectivity index (χ3v) is 4.36. The molecule has 0 saturated carbocycles. The summed E-state index contributed by atoms with van der Waals surface area (Å²) in [6.45, 7) is 0.973. The van der Waals surface area contributed by atoms with Crippen LogP contribution in [0.1, 0.15) is 5.89 Å². The predicted octanol–water partition coefficient (Wildman–Crippen LogP) is 1.89. The lowest BCUT2D eigenvalue weighted by Gasteiger charge is -2.21. The highest BCUT2D eigenvalue weighted by molar-refractivity contribution is 7.99. The molecule has 1 aliphatic heterocycles. The summed E-state index contributed by atoms with van der Waals surface area (Å²) in [5.41, 5.74) is 0.361. The SMILES string of the molecule is O=[N+]([O-])c1ccccc1-c1noc(CC2CSCCN2)n1. The van der Waals surface area contributed by atoms with Gasteiger partial charge in [0.15, 0.2) is 0 Å². The molecule has 0 spiro atoms. The second-order valence-electron chi connectivity index (χ2n) is 4.72. The molecule has 1 aliphatic rings. The Balaban J connectivity index is 1.80. The molecule has 2 aromatic rings. The lowest BCUT2D eigenvalue weighted by molar-refractivity contribution is -0.384. The second kappa shape index (κ2) is 6.23. The lowest BCUT2D eigenvalue weighted by atomic mass is 10.1. The van der Waals surface area contributed by atoms with Gasteiger partial charge in [-0.25, -0.2) is 0 Å². The Labute approximate surface area is 125 Å². The summed E-state index contributed by atoms with van der Waals surface area (Å²) >= 11 is 1.89. The van der Waals surface area contributed by atoms with E-state index >= 15 is 0 Å². The van der Waals surface area contributed by atoms with Gasteiger partial charge in [-0.2, -0.15) is 16.7 Å². The smallest absolute Gasteiger partial charge is 0.280 e. The monoisotopic (exact) mass is 306 g/mol. The number of nitrogens with one attached hydrogen (secondary N) is 1. The van der Waals surface area contributed by atoms with Gasteiger partial charge in [0.05, 0.1) is 4.92 Å². The summed E-state index contributed by atoms with van der Waals surface area (Å²) in [4.78, 5) is 14.9. The Hall–Kier alpha value is -1.93. The average Bonchev–Trinajstić information content (AvgIpc) is 2.96. The zero-order chi connectivity index (χ0) is 14.7. The summed E-state index contributed by atoms with van der Waals surface area (Å²) in [7, 11) is 0. The van der Waals surface area contributed by atoms with E-state index in [1.54, 1.807) is 18.2 Å². The molecule has 3 rings (SSSR count). The number of thioether (sulfide) groups is 1. The highest BCUT2D eigenvalue weighted by Gasteiger charge is 2.21. The van der Waals surface area contributed by atoms with Crippen LogP contribution < -0.4 is 5.32 Å². The molecule has 0 aliphatic carbocycles. The van der Waals surface area contributed by atoms with Crippen molar-refractivity contribution < 1.29 is 9.45 Å². The molecule has 8 heteroatoms. The van der Waals surface area contributed by atoms with E-state index in [2.05, 4.69) is 15.5 Å². The topological polar surface area (TPSA) is 94.1 Å². The number of hydrogen-bond donors (Lipinski definition) is 1. The number of nitrogens with zero attached hydrogens (tertiary/aromatic N) is 3. The van der Waals surface area contributed by atoms with Gasteiger partial charge >= 0.3 is 0 Å². The van der Waals surface area contributed by atoms with E-state index in [9.17, 15) is 10.1 Å². The highest BCUT2D eigenvalue weighted by Crippen LogP contribution is 2.27. The van der Waals surface area contributed by atoms with Gasteiger partial charge in [-0.1, -0.05) is 17.3 Å². The minimum absolute atomic E-state index is 0.0174. The molecule has 1 atom stereocenters. The predicted molar refractivity (Wildman–Crippen MR) is 79.2 cm³/mol. The van der Waals surface area contributed by atoms with Crippen LogP contribution >= 0.6 is 11.8 Å². The minimum atomic E-state index is -0.440. The van der Waals surface area contributed by atoms with Crippen molar-refractivity contribution in [3.8, 4) is 11.4 Å². The summed E-state index contributed by atoms with van der Waals surface area (Å²) < 4.78 is 5.22. The van der Waals surface area contributed by atoms with E-state index in [1.807, 2.05) is 11.8 Å². The van der Waals surface area contributed by atoms with Gasteiger partial charge in [0.25, 0.3) is 5.69 Å². The first-order valence-corrected chi connectivity index (χ1v) is 7.77. The van der Waals surface area contributed by atoms with Gasteiger partial charge in [-0.05, 0) is 6.07 Å². The van der Waals surface area contributed by atoms with Crippen molar-refractivity contribution in [3.05, 3.63) is 40.3 Å². The van der Waals surface area contributed by atoms with E-state index in [0.717, 1.165) is 18.1 Å². The fraction of sp³-hybridized carbons (Fsp3) is 0.385. The molecule has 110 valence electrons. The van der Waals surface area contributed by atoms with Crippen molar-refractivity contribution >= 4 is 17.4 Å². The summed E-state index contributed by atoms with van der Waals surface area (Å²) in [6.07, 6.45) is 0.640. The van der Waals surface area contributed by atoms with Crippen LogP contribution in [0.5, 0.6) is 0 Å². The maximum absolute atomic E-state index is 11.0. The summed E-state index contributed by atoms with van der Waals surface area (Å²) in [5, 5.41) is 18.3. The Morgan fingerprint density at radius 1 is 1.48 bits per heavy atom. The van der Waals surface area contributed by atoms with Crippen LogP contribution in [-0.4, -0.2) is 39.2 Å². The number of para-hydroxylation sites is 1. The van der Waals surface area contributed by atoms with Crippen LogP contribution in [0.15, 0.2) is 28.8 Å². The van der Waals surface area contributed by atoms with Crippen LogP contribution in [0.4, 0.5) is 5.69 Å². The van der Waals surface area contributed by atoms with E-state index in [1.165, 1.54) is 6.07 Å². The number of nitro benzene ring substituents is 1. The number of hydrogen-bond acceptors (Lipinski definition) is 7. The fourth-order valence-corrected chi connectivity index (χ4v) is 3.18. The van der Waals surface area contributed by atoms with E-state index in [4.69, 9.17) is 4.52 Å². The van der Waals surface area contributed by atoms with Crippen LogP contribution in [0.2, 0.25) is 0 Å². The molecular weight excluding hydrogens is 292 g/mol. The van der Waals surface area contributed by atoms with Crippen LogP contribution in [0, 0.1) is 10.1 Å². The minimum Gasteiger partial charge on any atom is -0.339 e. The van der Waals surface area contributed by atoms with Crippen molar-refractivity contribution in [1.29, 1.82) is 0 Å². The first-order valence-electron chi connectivity index (χ1n) is 6.61. The molecule has 1 aromatic heterocycles. The molecule has 1 aromatic carbocycles. The number of nitro groups is 1. The van der Waals surface area contributed by atoms with Crippen LogP contribution in [0.25, 0.3) is 11.4 Å². The first-order chi connectivity index (χ1) is 10.2. The van der Waals surface area contributed by atoms with Crippen LogP contribution in [-0.2, 0) is 6.42 Å². The third-order valence-electron chi connectivity index (χ3n) is 3.23. The maximum Gasteiger partial charge on any atom is 0.280 e. The van der Waals surface area contributed by atoms with Gasteiger partial charge in [0.1, 0.15) is 5.56 Å². The molecule has 21 heavy (non-hydrogen) atoms. The molecule has 7 nitrogen and oxygen atoms in total. The Morgan fingerprint density at radius 3 is 3.10 bits per heavy atom. The lowest BCUT2D eigenvalue weighted by Crippen LogP contribution is -2.38. The van der Waals surface area contributed by atoms with Crippen molar-refractivity contribution in [1.82, 2.24) is 15.5 Å². The van der Waals surface area contributed by atoms with Crippen LogP contribution in [0.3, 0.4) is 0 Å². The molecule has 1 unspecified atom stereocenters. The molecule has 0 bridgehead atoms. The zero-order valence-corrected chi connectivity index (χ0v) is 12.0. The maximum atomic E-state index is 11.0. The average molecular weight is 306 g/mol. The van der Waals surface area contributed by atoms with Crippen molar-refractivity contribution in [3.63, 3.8) is 0 Å². The van der Waals surface area contributed by atoms with Gasteiger partial charge in [0, 0.05) is 36.6 Å². The van der Waals surface area contributed by atoms with Gasteiger partial charge in [-0.3, -0.25) is 10.1 Å². The molecular formula is C13H14N4O3S. The Morgan fingerprint density at radius 2 is 2.33 bits per heavy atom. The quantitative estimate of drug-likeness (QED) is 0.681. The molecule has 0 amide bonds. The van der Waals surface area contributed by atoms with Gasteiger partial charge < -0.3 is 9.84 Å². The Kier molecular flexibility index (Phi) is 4.16. The van der Waals surface area contributed by atoms with Crippen molar-refractivity contribution in [2.45, 2.75) is 12.5 Å². The summed E-state index contributed by atoms with van der Waals surface area (Å²) in [6, 6.07) is 6.71. The molecule has 1 saturated heterocycles. The number of aromatic nitrogens is 2. The summed E-state index contributed by atoms with van der Waals surface area (Å²) in [5.74, 6) is 2.88. The van der Waals surface area contributed by atoms with E-state index in [0.29, 0.717) is 23.9 Å². The van der Waals surface area contributed by atoms with Crippen molar-refractivity contribution in [2.24, 2.45) is 0 Å². The fourth-order valence-electron chi connectivity index (χ4n) is 2.23. The Bertz CT molecular complexity index is 640. The van der Waals surface area contributed by atoms with Gasteiger partial charge in [0.2, 0.25) is 11.7 Å². The number of rotatable bonds is 4. The third kappa shape index (κ3) is 3.22. The molecule has 0 radical (unpaired) electrons. The normalized spacial score (nSPS) is 18.6. The molecule has 1 N–H and O–H groups in total. The second-order valence-corrected chi connectivity index (χ2v) is 5.87. The van der Waals surface area contributed by atoms with E-state index in [-0.39, 0.29) is 11.5 Å². The van der Waals surface area contributed by atoms with Gasteiger partial charge in [-0.15, -0.1) is 0 Å². The first kappa shape index (κ1) is 14.0. The highest BCUT2D eigenvalue weighted by atomic mass is 32.2. The number of benzene rings is 1. The molecule has 2 heterocycles. The zero-order valence-electron chi connectivity index (χ0n) is 11.2. The van der Waals surface area contributed by atoms with E-state index < -0.39 is 4.92 Å². The standard InChI is InChI=1S/C13H14N4O3S/c18-17(19)11-4-2-1-3-10(11)13-15-12(20-16-13)7-9-8-21-6-5-14-9/h1-4,9,14H,5-8H2. The molecule has 1 fully saturated rings. The van der Waals surface area contributed by atoms with Crippen molar-refractivity contribution in [2.75, 3.05) is 18.1 Å². The largest absolute Gasteiger partial charge is 0.339 e.